The Hall–Kier alpha value is -2.89. The highest BCUT2D eigenvalue weighted by Gasteiger charge is 2.22. The molecule has 0 aliphatic heterocycles. The number of hydrogen-bond acceptors (Lipinski definition) is 5. The van der Waals surface area contributed by atoms with E-state index in [2.05, 4.69) is 10.1 Å². The molecular formula is C13H9N3O3. The van der Waals surface area contributed by atoms with Crippen LogP contribution in [-0.4, -0.2) is 21.2 Å². The third-order valence-corrected chi connectivity index (χ3v) is 2.77. The first-order valence-corrected chi connectivity index (χ1v) is 5.51. The monoisotopic (exact) mass is 255 g/mol. The number of nitrogens with two attached hydrogens (primary N) is 1. The number of rotatable bonds is 2. The molecule has 19 heavy (non-hydrogen) atoms. The van der Waals surface area contributed by atoms with E-state index in [4.69, 9.17) is 15.4 Å². The van der Waals surface area contributed by atoms with Crippen molar-refractivity contribution < 1.29 is 14.4 Å². The van der Waals surface area contributed by atoms with Gasteiger partial charge in [-0.05, 0) is 12.1 Å². The van der Waals surface area contributed by atoms with Crippen LogP contribution in [0.4, 0.5) is 5.88 Å². The molecule has 3 N–H and O–H groups in total. The number of fused-ring (bicyclic) bond motifs is 1. The second-order valence-electron chi connectivity index (χ2n) is 3.96. The van der Waals surface area contributed by atoms with Crippen LogP contribution >= 0.6 is 0 Å². The van der Waals surface area contributed by atoms with E-state index in [1.54, 1.807) is 6.07 Å². The molecule has 0 spiro atoms. The Bertz CT molecular complexity index is 780. The van der Waals surface area contributed by atoms with Crippen molar-refractivity contribution in [3.05, 3.63) is 42.0 Å². The van der Waals surface area contributed by atoms with E-state index in [1.165, 1.54) is 0 Å². The Balaban J connectivity index is 2.22. The standard InChI is InChI=1S/C13H9N3O3/c14-12-10(13(17)18)11(16-19-12)9-6-5-7-3-1-2-4-8(7)15-9/h1-6H,14H2,(H,17,18). The lowest BCUT2D eigenvalue weighted by Gasteiger charge is -2.00. The second-order valence-corrected chi connectivity index (χ2v) is 3.96. The van der Waals surface area contributed by atoms with Crippen molar-refractivity contribution >= 4 is 22.8 Å². The van der Waals surface area contributed by atoms with Gasteiger partial charge in [0.05, 0.1) is 11.2 Å². The highest BCUT2D eigenvalue weighted by Crippen LogP contribution is 2.27. The van der Waals surface area contributed by atoms with Crippen molar-refractivity contribution in [3.63, 3.8) is 0 Å². The smallest absolute Gasteiger partial charge is 0.343 e. The topological polar surface area (TPSA) is 102 Å². The third kappa shape index (κ3) is 1.79. The number of carboxylic acids is 1. The summed E-state index contributed by atoms with van der Waals surface area (Å²) in [4.78, 5) is 15.5. The normalized spacial score (nSPS) is 10.7. The third-order valence-electron chi connectivity index (χ3n) is 2.77. The van der Waals surface area contributed by atoms with E-state index in [1.807, 2.05) is 30.3 Å². The Morgan fingerprint density at radius 1 is 1.21 bits per heavy atom. The molecule has 94 valence electrons. The lowest BCUT2D eigenvalue weighted by Crippen LogP contribution is -2.01. The summed E-state index contributed by atoms with van der Waals surface area (Å²) in [6, 6.07) is 11.0. The van der Waals surface area contributed by atoms with Crippen molar-refractivity contribution in [3.8, 4) is 11.4 Å². The maximum absolute atomic E-state index is 11.1. The van der Waals surface area contributed by atoms with Gasteiger partial charge in [-0.25, -0.2) is 9.78 Å². The number of nitrogen functional groups attached to an aromatic ring is 1. The van der Waals surface area contributed by atoms with Crippen LogP contribution in [0.3, 0.4) is 0 Å². The highest BCUT2D eigenvalue weighted by molar-refractivity contribution is 5.99. The highest BCUT2D eigenvalue weighted by atomic mass is 16.5. The summed E-state index contributed by atoms with van der Waals surface area (Å²) in [5, 5.41) is 13.7. The van der Waals surface area contributed by atoms with Crippen LogP contribution in [0.1, 0.15) is 10.4 Å². The van der Waals surface area contributed by atoms with E-state index in [9.17, 15) is 4.79 Å². The number of anilines is 1. The molecule has 0 radical (unpaired) electrons. The molecule has 3 rings (SSSR count). The van der Waals surface area contributed by atoms with Gasteiger partial charge in [0.2, 0.25) is 5.88 Å². The van der Waals surface area contributed by atoms with Crippen LogP contribution in [0, 0.1) is 0 Å². The molecule has 0 atom stereocenters. The fourth-order valence-corrected chi connectivity index (χ4v) is 1.88. The molecule has 0 saturated heterocycles. The van der Waals surface area contributed by atoms with Crippen LogP contribution in [0.25, 0.3) is 22.3 Å². The molecule has 2 aromatic heterocycles. The van der Waals surface area contributed by atoms with Crippen LogP contribution in [0.15, 0.2) is 40.9 Å². The van der Waals surface area contributed by atoms with E-state index < -0.39 is 5.97 Å². The summed E-state index contributed by atoms with van der Waals surface area (Å²) in [6.07, 6.45) is 0. The predicted octanol–water partition coefficient (Wildman–Crippen LogP) is 2.17. The number of hydrogen-bond donors (Lipinski definition) is 2. The predicted molar refractivity (Wildman–Crippen MR) is 68.6 cm³/mol. The van der Waals surface area contributed by atoms with Gasteiger partial charge in [-0.2, -0.15) is 0 Å². The number of aromatic nitrogens is 2. The Labute approximate surface area is 107 Å². The minimum Gasteiger partial charge on any atom is -0.477 e. The average molecular weight is 255 g/mol. The molecule has 1 aromatic carbocycles. The maximum Gasteiger partial charge on any atom is 0.343 e. The first-order chi connectivity index (χ1) is 9.16. The van der Waals surface area contributed by atoms with E-state index in [0.29, 0.717) is 5.69 Å². The molecule has 6 nitrogen and oxygen atoms in total. The molecule has 3 aromatic rings. The Morgan fingerprint density at radius 3 is 2.79 bits per heavy atom. The summed E-state index contributed by atoms with van der Waals surface area (Å²) < 4.78 is 4.73. The number of para-hydroxylation sites is 1. The molecule has 0 bridgehead atoms. The molecule has 0 aliphatic carbocycles. The van der Waals surface area contributed by atoms with Gasteiger partial charge < -0.3 is 15.4 Å². The fourth-order valence-electron chi connectivity index (χ4n) is 1.88. The van der Waals surface area contributed by atoms with Crippen molar-refractivity contribution in [1.82, 2.24) is 10.1 Å². The van der Waals surface area contributed by atoms with Crippen LogP contribution in [-0.2, 0) is 0 Å². The Morgan fingerprint density at radius 2 is 2.00 bits per heavy atom. The second kappa shape index (κ2) is 4.09. The Kier molecular flexibility index (Phi) is 2.42. The molecule has 0 aliphatic rings. The van der Waals surface area contributed by atoms with Gasteiger partial charge in [-0.1, -0.05) is 29.4 Å². The summed E-state index contributed by atoms with van der Waals surface area (Å²) in [5.41, 5.74) is 6.59. The van der Waals surface area contributed by atoms with Gasteiger partial charge >= 0.3 is 5.97 Å². The van der Waals surface area contributed by atoms with Gasteiger partial charge in [-0.3, -0.25) is 0 Å². The summed E-state index contributed by atoms with van der Waals surface area (Å²) >= 11 is 0. The van der Waals surface area contributed by atoms with Gasteiger partial charge in [0.15, 0.2) is 5.56 Å². The first-order valence-electron chi connectivity index (χ1n) is 5.51. The van der Waals surface area contributed by atoms with Gasteiger partial charge in [0, 0.05) is 5.39 Å². The maximum atomic E-state index is 11.1. The lowest BCUT2D eigenvalue weighted by molar-refractivity contribution is 0.0698. The summed E-state index contributed by atoms with van der Waals surface area (Å²) in [6.45, 7) is 0. The number of nitrogens with zero attached hydrogens (tertiary/aromatic N) is 2. The molecule has 0 amide bonds. The van der Waals surface area contributed by atoms with Crippen LogP contribution < -0.4 is 5.73 Å². The minimum absolute atomic E-state index is 0.135. The summed E-state index contributed by atoms with van der Waals surface area (Å²) in [5.74, 6) is -1.42. The van der Waals surface area contributed by atoms with Crippen LogP contribution in [0.2, 0.25) is 0 Å². The number of carbonyl (C=O) groups is 1. The zero-order valence-electron chi connectivity index (χ0n) is 9.70. The van der Waals surface area contributed by atoms with E-state index >= 15 is 0 Å². The fraction of sp³-hybridized carbons (Fsp3) is 0. The molecular weight excluding hydrogens is 246 g/mol. The molecule has 0 saturated carbocycles. The number of pyridine rings is 1. The average Bonchev–Trinajstić information content (AvgIpc) is 2.80. The number of benzene rings is 1. The van der Waals surface area contributed by atoms with E-state index in [0.717, 1.165) is 10.9 Å². The molecule has 2 heterocycles. The van der Waals surface area contributed by atoms with Gasteiger partial charge in [-0.15, -0.1) is 0 Å². The minimum atomic E-state index is -1.19. The lowest BCUT2D eigenvalue weighted by atomic mass is 10.1. The molecule has 0 unspecified atom stereocenters. The van der Waals surface area contributed by atoms with Gasteiger partial charge in [0.1, 0.15) is 5.69 Å². The number of carboxylic acid groups (broad SMARTS) is 1. The van der Waals surface area contributed by atoms with E-state index in [-0.39, 0.29) is 17.1 Å². The van der Waals surface area contributed by atoms with Crippen LogP contribution in [0.5, 0.6) is 0 Å². The van der Waals surface area contributed by atoms with Crippen molar-refractivity contribution in [2.24, 2.45) is 0 Å². The molecule has 6 heteroatoms. The zero-order valence-corrected chi connectivity index (χ0v) is 9.70. The number of aromatic carboxylic acids is 1. The van der Waals surface area contributed by atoms with Crippen molar-refractivity contribution in [1.29, 1.82) is 0 Å². The molecule has 0 fully saturated rings. The van der Waals surface area contributed by atoms with Crippen molar-refractivity contribution in [2.45, 2.75) is 0 Å². The zero-order chi connectivity index (χ0) is 13.4. The van der Waals surface area contributed by atoms with Crippen molar-refractivity contribution in [2.75, 3.05) is 5.73 Å². The quantitative estimate of drug-likeness (QED) is 0.727. The first kappa shape index (κ1) is 11.2. The van der Waals surface area contributed by atoms with Gasteiger partial charge in [0.25, 0.3) is 0 Å². The largest absolute Gasteiger partial charge is 0.477 e. The SMILES string of the molecule is Nc1onc(-c2ccc3ccccc3n2)c1C(=O)O. The summed E-state index contributed by atoms with van der Waals surface area (Å²) in [7, 11) is 0.